The Kier molecular flexibility index (Phi) is 8.92. The Morgan fingerprint density at radius 3 is 2.57 bits per heavy atom. The molecule has 1 heterocycles. The van der Waals surface area contributed by atoms with Gasteiger partial charge in [-0.2, -0.15) is 5.10 Å². The lowest BCUT2D eigenvalue weighted by Crippen LogP contribution is -2.63. The van der Waals surface area contributed by atoms with E-state index in [4.69, 9.17) is 14.2 Å². The number of hydrogen-bond acceptors (Lipinski definition) is 9. The number of fused-ring (bicyclic) bond motifs is 1. The van der Waals surface area contributed by atoms with Gasteiger partial charge in [0.05, 0.1) is 18.4 Å². The lowest BCUT2D eigenvalue weighted by atomic mass is 9.43. The second-order valence-corrected chi connectivity index (χ2v) is 15.4. The Hall–Kier alpha value is -2.96. The second kappa shape index (κ2) is 11.9. The molecule has 1 aromatic rings. The highest BCUT2D eigenvalue weighted by atomic mass is 19.1. The first-order valence-electron chi connectivity index (χ1n) is 16.2. The van der Waals surface area contributed by atoms with Crippen LogP contribution in [0, 0.1) is 34.0 Å². The number of aliphatic hydroxyl groups is 2. The van der Waals surface area contributed by atoms with E-state index in [0.29, 0.717) is 17.4 Å². The van der Waals surface area contributed by atoms with Gasteiger partial charge in [-0.15, -0.1) is 6.58 Å². The summed E-state index contributed by atoms with van der Waals surface area (Å²) in [4.78, 5) is 26.9. The van der Waals surface area contributed by atoms with E-state index in [9.17, 15) is 24.8 Å². The third kappa shape index (κ3) is 5.64. The summed E-state index contributed by atoms with van der Waals surface area (Å²) in [5, 5.41) is 37.9. The molecule has 10 nitrogen and oxygen atoms in total. The molecule has 5 rings (SSSR count). The molecule has 0 spiro atoms. The molecule has 3 fully saturated rings. The number of hydrogen-bond donors (Lipinski definition) is 3. The SMILES string of the molecule is C=C[C@]1(C)C[C@@H](OC(=O)COc2ccc3c(c2)B(O)N(C(=O)OC(C)(C)C)N=C3)[C@]2(C)[C@H](C)CC[C@]3(C[C@H](F)C(O)[C@H]32)[C@@H](C)[C@@H]1O. The van der Waals surface area contributed by atoms with Crippen LogP contribution in [0.4, 0.5) is 9.18 Å². The van der Waals surface area contributed by atoms with Gasteiger partial charge >= 0.3 is 19.1 Å². The minimum Gasteiger partial charge on any atom is -0.482 e. The highest BCUT2D eigenvalue weighted by molar-refractivity contribution is 6.67. The Morgan fingerprint density at radius 1 is 1.22 bits per heavy atom. The smallest absolute Gasteiger partial charge is 0.478 e. The van der Waals surface area contributed by atoms with Crippen molar-refractivity contribution >= 4 is 30.8 Å². The van der Waals surface area contributed by atoms with Gasteiger partial charge < -0.3 is 29.4 Å². The van der Waals surface area contributed by atoms with Gasteiger partial charge in [0.25, 0.3) is 0 Å². The largest absolute Gasteiger partial charge is 0.482 e. The number of alkyl halides is 1. The summed E-state index contributed by atoms with van der Waals surface area (Å²) in [6.07, 6.45) is -0.200. The van der Waals surface area contributed by atoms with Crippen LogP contribution in [-0.2, 0) is 14.3 Å². The van der Waals surface area contributed by atoms with Crippen LogP contribution in [0.15, 0.2) is 36.0 Å². The summed E-state index contributed by atoms with van der Waals surface area (Å²) in [5.74, 6) is -1.23. The fourth-order valence-electron chi connectivity index (χ4n) is 8.81. The molecular formula is C34H48BFN2O8. The van der Waals surface area contributed by atoms with Gasteiger partial charge in [-0.1, -0.05) is 39.8 Å². The van der Waals surface area contributed by atoms with E-state index in [1.807, 2.05) is 20.8 Å². The third-order valence-corrected chi connectivity index (χ3v) is 11.6. The van der Waals surface area contributed by atoms with E-state index >= 15 is 4.39 Å². The number of rotatable bonds is 5. The zero-order chi connectivity index (χ0) is 34.0. The van der Waals surface area contributed by atoms with E-state index in [0.717, 1.165) is 11.3 Å². The van der Waals surface area contributed by atoms with Gasteiger partial charge in [0.15, 0.2) is 6.61 Å². The first-order valence-corrected chi connectivity index (χ1v) is 16.2. The van der Waals surface area contributed by atoms with Crippen molar-refractivity contribution in [2.45, 2.75) is 104 Å². The van der Waals surface area contributed by atoms with Crippen LogP contribution in [0.5, 0.6) is 5.75 Å². The highest BCUT2D eigenvalue weighted by Crippen LogP contribution is 2.69. The van der Waals surface area contributed by atoms with Crippen molar-refractivity contribution in [3.05, 3.63) is 36.4 Å². The predicted molar refractivity (Wildman–Crippen MR) is 171 cm³/mol. The van der Waals surface area contributed by atoms with Crippen molar-refractivity contribution in [1.29, 1.82) is 0 Å². The van der Waals surface area contributed by atoms with Crippen LogP contribution in [0.1, 0.15) is 79.7 Å². The molecule has 4 aliphatic rings. The van der Waals surface area contributed by atoms with Crippen molar-refractivity contribution in [1.82, 2.24) is 4.92 Å². The highest BCUT2D eigenvalue weighted by Gasteiger charge is 2.70. The first kappa shape index (κ1) is 34.4. The zero-order valence-corrected chi connectivity index (χ0v) is 27.9. The molecule has 46 heavy (non-hydrogen) atoms. The molecule has 252 valence electrons. The van der Waals surface area contributed by atoms with Gasteiger partial charge in [0.1, 0.15) is 23.6 Å². The van der Waals surface area contributed by atoms with Crippen LogP contribution in [0.3, 0.4) is 0 Å². The Labute approximate surface area is 271 Å². The number of aliphatic hydroxyl groups excluding tert-OH is 2. The van der Waals surface area contributed by atoms with E-state index in [-0.39, 0.29) is 30.4 Å². The fraction of sp³-hybridized carbons (Fsp3) is 0.676. The lowest BCUT2D eigenvalue weighted by Gasteiger charge is -2.62. The molecule has 3 saturated carbocycles. The number of nitrogens with zero attached hydrogens (tertiary/aromatic N) is 2. The van der Waals surface area contributed by atoms with E-state index in [1.54, 1.807) is 39.0 Å². The van der Waals surface area contributed by atoms with Crippen LogP contribution in [-0.4, -0.2) is 82.2 Å². The van der Waals surface area contributed by atoms with Crippen molar-refractivity contribution in [2.75, 3.05) is 6.61 Å². The van der Waals surface area contributed by atoms with Gasteiger partial charge in [0.2, 0.25) is 0 Å². The Balaban J connectivity index is 1.37. The third-order valence-electron chi connectivity index (χ3n) is 11.6. The monoisotopic (exact) mass is 642 g/mol. The molecule has 1 aliphatic heterocycles. The van der Waals surface area contributed by atoms with Crippen LogP contribution >= 0.6 is 0 Å². The minimum atomic E-state index is -1.44. The minimum absolute atomic E-state index is 0.00230. The lowest BCUT2D eigenvalue weighted by molar-refractivity contribution is -0.220. The van der Waals surface area contributed by atoms with Gasteiger partial charge in [0, 0.05) is 16.7 Å². The first-order chi connectivity index (χ1) is 21.4. The molecule has 1 unspecified atom stereocenters. The molecule has 3 N–H and O–H groups in total. The maximum Gasteiger partial charge on any atom is 0.478 e. The Morgan fingerprint density at radius 2 is 1.91 bits per heavy atom. The van der Waals surface area contributed by atoms with Gasteiger partial charge in [-0.25, -0.2) is 18.9 Å². The second-order valence-electron chi connectivity index (χ2n) is 15.4. The fourth-order valence-corrected chi connectivity index (χ4v) is 8.81. The molecular weight excluding hydrogens is 594 g/mol. The summed E-state index contributed by atoms with van der Waals surface area (Å²) in [7, 11) is -1.43. The predicted octanol–water partition coefficient (Wildman–Crippen LogP) is 3.98. The molecule has 0 aromatic heterocycles. The van der Waals surface area contributed by atoms with Crippen LogP contribution in [0.2, 0.25) is 0 Å². The van der Waals surface area contributed by atoms with Crippen molar-refractivity contribution < 1.29 is 43.4 Å². The number of benzene rings is 1. The normalized spacial score (nSPS) is 38.6. The maximum absolute atomic E-state index is 15.4. The van der Waals surface area contributed by atoms with Gasteiger partial charge in [-0.3, -0.25) is 0 Å². The number of amides is 1. The molecule has 10 atom stereocenters. The molecule has 1 amide bonds. The van der Waals surface area contributed by atoms with E-state index in [2.05, 4.69) is 18.6 Å². The molecule has 0 radical (unpaired) electrons. The van der Waals surface area contributed by atoms with Crippen molar-refractivity contribution in [3.8, 4) is 5.75 Å². The molecule has 12 heteroatoms. The number of halogens is 1. The summed E-state index contributed by atoms with van der Waals surface area (Å²) < 4.78 is 32.8. The number of hydrazone groups is 1. The number of esters is 1. The summed E-state index contributed by atoms with van der Waals surface area (Å²) in [6, 6.07) is 4.79. The van der Waals surface area contributed by atoms with Crippen LogP contribution < -0.4 is 10.2 Å². The van der Waals surface area contributed by atoms with E-state index < -0.39 is 78.0 Å². The van der Waals surface area contributed by atoms with Crippen molar-refractivity contribution in [2.24, 2.45) is 39.1 Å². The Bertz CT molecular complexity index is 1400. The molecule has 1 aromatic carbocycles. The zero-order valence-electron chi connectivity index (χ0n) is 27.9. The summed E-state index contributed by atoms with van der Waals surface area (Å²) >= 11 is 0. The molecule has 3 aliphatic carbocycles. The van der Waals surface area contributed by atoms with Gasteiger partial charge in [-0.05, 0) is 86.9 Å². The summed E-state index contributed by atoms with van der Waals surface area (Å²) in [6.45, 7) is 16.6. The topological polar surface area (TPSA) is 138 Å². The number of ether oxygens (including phenoxy) is 3. The van der Waals surface area contributed by atoms with Crippen molar-refractivity contribution in [3.63, 3.8) is 0 Å². The quantitative estimate of drug-likeness (QED) is 0.249. The number of carbonyl (C=O) groups is 2. The summed E-state index contributed by atoms with van der Waals surface area (Å²) in [5.41, 5.74) is -2.16. The average Bonchev–Trinajstić information content (AvgIpc) is 3.26. The average molecular weight is 643 g/mol. The van der Waals surface area contributed by atoms with Crippen LogP contribution in [0.25, 0.3) is 0 Å². The molecule has 2 bridgehead atoms. The number of carbonyl (C=O) groups excluding carboxylic acids is 2. The standard InChI is InChI=1S/C34H48BFN2O8/c1-9-32(7)16-25(33(8)19(2)12-13-34(20(3)29(32)41)15-24(36)27(40)28(33)34)45-26(39)18-44-22-11-10-21-17-37-38(35(43)23(21)14-22)30(42)46-31(4,5)6/h9-11,14,17,19-20,24-25,27-29,40-41,43H,1,12-13,15-16,18H2,2-8H3/t19-,20+,24+,25-,27?,28+,29+,32-,33+,34+/m1/s1. The van der Waals surface area contributed by atoms with E-state index in [1.165, 1.54) is 12.3 Å². The molecule has 0 saturated heterocycles. The maximum atomic E-state index is 15.4.